The molecular weight excluding hydrogens is 348 g/mol. The maximum absolute atomic E-state index is 12.4. The molecule has 0 aliphatic carbocycles. The largest absolute Gasteiger partial charge is 0.443 e. The molecular formula is C20H16N2O5. The van der Waals surface area contributed by atoms with Gasteiger partial charge in [0.2, 0.25) is 5.91 Å². The molecule has 2 heterocycles. The highest BCUT2D eigenvalue weighted by atomic mass is 16.5. The van der Waals surface area contributed by atoms with Crippen LogP contribution in [0, 0.1) is 5.92 Å². The van der Waals surface area contributed by atoms with Crippen LogP contribution in [0.15, 0.2) is 54.6 Å². The van der Waals surface area contributed by atoms with Crippen molar-refractivity contribution < 1.29 is 23.9 Å². The molecule has 0 N–H and O–H groups in total. The third-order valence-corrected chi connectivity index (χ3v) is 4.74. The Hall–Kier alpha value is -3.48. The van der Waals surface area contributed by atoms with E-state index < -0.39 is 30.4 Å². The maximum atomic E-state index is 12.4. The summed E-state index contributed by atoms with van der Waals surface area (Å²) in [7, 11) is 0. The zero-order valence-electron chi connectivity index (χ0n) is 14.3. The van der Waals surface area contributed by atoms with Gasteiger partial charge in [0.05, 0.1) is 17.0 Å². The molecule has 3 amide bonds. The van der Waals surface area contributed by atoms with Crippen LogP contribution in [0.1, 0.15) is 27.1 Å². The lowest BCUT2D eigenvalue weighted by Crippen LogP contribution is -2.35. The fraction of sp³-hybridized carbons (Fsp3) is 0.200. The number of carbonyl (C=O) groups excluding carboxylic acids is 4. The zero-order chi connectivity index (χ0) is 19.0. The lowest BCUT2D eigenvalue weighted by atomic mass is 10.1. The molecule has 0 unspecified atom stereocenters. The number of rotatable bonds is 4. The molecule has 4 rings (SSSR count). The maximum Gasteiger partial charge on any atom is 0.313 e. The van der Waals surface area contributed by atoms with Gasteiger partial charge >= 0.3 is 5.97 Å². The predicted octanol–water partition coefficient (Wildman–Crippen LogP) is 1.84. The Morgan fingerprint density at radius 2 is 1.52 bits per heavy atom. The number of nitrogens with zero attached hydrogens (tertiary/aromatic N) is 2. The number of benzene rings is 2. The summed E-state index contributed by atoms with van der Waals surface area (Å²) < 4.78 is 5.18. The highest BCUT2D eigenvalue weighted by Gasteiger charge is 2.39. The van der Waals surface area contributed by atoms with Crippen molar-refractivity contribution in [1.82, 2.24) is 4.90 Å². The monoisotopic (exact) mass is 364 g/mol. The minimum absolute atomic E-state index is 0.0375. The van der Waals surface area contributed by atoms with Gasteiger partial charge in [-0.1, -0.05) is 30.3 Å². The van der Waals surface area contributed by atoms with Crippen LogP contribution < -0.4 is 4.90 Å². The summed E-state index contributed by atoms with van der Waals surface area (Å²) in [5.74, 6) is -2.37. The first-order valence-electron chi connectivity index (χ1n) is 8.53. The third kappa shape index (κ3) is 2.97. The van der Waals surface area contributed by atoms with Crippen molar-refractivity contribution in [3.05, 3.63) is 65.7 Å². The van der Waals surface area contributed by atoms with Crippen molar-refractivity contribution in [2.75, 3.05) is 18.2 Å². The lowest BCUT2D eigenvalue weighted by Gasteiger charge is -2.17. The Bertz CT molecular complexity index is 905. The van der Waals surface area contributed by atoms with Gasteiger partial charge in [0.25, 0.3) is 11.8 Å². The van der Waals surface area contributed by atoms with Gasteiger partial charge in [-0.05, 0) is 24.3 Å². The second-order valence-electron chi connectivity index (χ2n) is 6.42. The van der Waals surface area contributed by atoms with Crippen molar-refractivity contribution in [3.8, 4) is 0 Å². The summed E-state index contributed by atoms with van der Waals surface area (Å²) in [6.07, 6.45) is 0.0375. The van der Waals surface area contributed by atoms with Gasteiger partial charge in [-0.2, -0.15) is 0 Å². The van der Waals surface area contributed by atoms with Crippen molar-refractivity contribution in [3.63, 3.8) is 0 Å². The van der Waals surface area contributed by atoms with Crippen LogP contribution in [0.2, 0.25) is 0 Å². The molecule has 1 fully saturated rings. The van der Waals surface area contributed by atoms with E-state index in [9.17, 15) is 19.2 Å². The first kappa shape index (κ1) is 17.0. The summed E-state index contributed by atoms with van der Waals surface area (Å²) in [4.78, 5) is 51.6. The van der Waals surface area contributed by atoms with E-state index in [-0.39, 0.29) is 18.9 Å². The molecule has 1 atom stereocenters. The number of anilines is 1. The average molecular weight is 364 g/mol. The number of ether oxygens (including phenoxy) is 1. The molecule has 7 nitrogen and oxygen atoms in total. The normalized spacial score (nSPS) is 18.8. The molecule has 27 heavy (non-hydrogen) atoms. The van der Waals surface area contributed by atoms with Gasteiger partial charge in [0.1, 0.15) is 0 Å². The zero-order valence-corrected chi connectivity index (χ0v) is 14.3. The number of esters is 1. The number of para-hydroxylation sites is 1. The van der Waals surface area contributed by atoms with E-state index in [1.807, 2.05) is 18.2 Å². The Balaban J connectivity index is 1.39. The second kappa shape index (κ2) is 6.68. The van der Waals surface area contributed by atoms with Gasteiger partial charge in [-0.15, -0.1) is 0 Å². The number of hydrogen-bond acceptors (Lipinski definition) is 5. The Labute approximate surface area is 155 Å². The molecule has 0 bridgehead atoms. The molecule has 1 saturated heterocycles. The minimum atomic E-state index is -0.632. The summed E-state index contributed by atoms with van der Waals surface area (Å²) in [5.41, 5.74) is 1.31. The summed E-state index contributed by atoms with van der Waals surface area (Å²) in [6.45, 7) is -0.245. The first-order chi connectivity index (χ1) is 13.1. The number of hydrogen-bond donors (Lipinski definition) is 0. The number of imide groups is 1. The summed E-state index contributed by atoms with van der Waals surface area (Å²) in [6, 6.07) is 15.5. The van der Waals surface area contributed by atoms with Gasteiger partial charge in [0, 0.05) is 18.7 Å². The third-order valence-electron chi connectivity index (χ3n) is 4.74. The van der Waals surface area contributed by atoms with Crippen LogP contribution in [-0.4, -0.2) is 41.9 Å². The molecule has 136 valence electrons. The Kier molecular flexibility index (Phi) is 4.19. The fourth-order valence-corrected chi connectivity index (χ4v) is 3.33. The average Bonchev–Trinajstić information content (AvgIpc) is 3.20. The van der Waals surface area contributed by atoms with Gasteiger partial charge < -0.3 is 9.64 Å². The van der Waals surface area contributed by atoms with Crippen LogP contribution >= 0.6 is 0 Å². The topological polar surface area (TPSA) is 84.0 Å². The summed E-state index contributed by atoms with van der Waals surface area (Å²) >= 11 is 0. The van der Waals surface area contributed by atoms with Crippen LogP contribution in [0.3, 0.4) is 0 Å². The van der Waals surface area contributed by atoms with Gasteiger partial charge in [-0.25, -0.2) is 4.90 Å². The van der Waals surface area contributed by atoms with Crippen LogP contribution in [0.25, 0.3) is 0 Å². The van der Waals surface area contributed by atoms with E-state index in [1.165, 1.54) is 4.90 Å². The number of fused-ring (bicyclic) bond motifs is 1. The van der Waals surface area contributed by atoms with Gasteiger partial charge in [0.15, 0.2) is 6.73 Å². The molecule has 0 radical (unpaired) electrons. The number of carbonyl (C=O) groups is 4. The SMILES string of the molecule is O=C(OCN1C(=O)c2ccccc2C1=O)[C@H]1CC(=O)N(c2ccccc2)C1. The van der Waals surface area contributed by atoms with Gasteiger partial charge in [-0.3, -0.25) is 19.2 Å². The van der Waals surface area contributed by atoms with Crippen molar-refractivity contribution >= 4 is 29.4 Å². The molecule has 2 aliphatic rings. The second-order valence-corrected chi connectivity index (χ2v) is 6.42. The van der Waals surface area contributed by atoms with E-state index in [1.54, 1.807) is 36.4 Å². The molecule has 2 aromatic rings. The molecule has 0 saturated carbocycles. The van der Waals surface area contributed by atoms with E-state index in [0.29, 0.717) is 11.1 Å². The standard InChI is InChI=1S/C20H16N2O5/c23-17-10-13(11-21(17)14-6-2-1-3-7-14)20(26)27-12-22-18(24)15-8-4-5-9-16(15)19(22)25/h1-9,13H,10-12H2/t13-/m0/s1. The summed E-state index contributed by atoms with van der Waals surface area (Å²) in [5, 5.41) is 0. The van der Waals surface area contributed by atoms with Crippen LogP contribution in [-0.2, 0) is 14.3 Å². The van der Waals surface area contributed by atoms with Crippen molar-refractivity contribution in [2.24, 2.45) is 5.92 Å². The highest BCUT2D eigenvalue weighted by molar-refractivity contribution is 6.21. The van der Waals surface area contributed by atoms with E-state index >= 15 is 0 Å². The predicted molar refractivity (Wildman–Crippen MR) is 94.8 cm³/mol. The molecule has 2 aliphatic heterocycles. The molecule has 0 aromatic heterocycles. The minimum Gasteiger partial charge on any atom is -0.443 e. The van der Waals surface area contributed by atoms with E-state index in [4.69, 9.17) is 4.74 Å². The molecule has 2 aromatic carbocycles. The fourth-order valence-electron chi connectivity index (χ4n) is 3.33. The quantitative estimate of drug-likeness (QED) is 0.611. The Morgan fingerprint density at radius 3 is 2.15 bits per heavy atom. The van der Waals surface area contributed by atoms with Crippen LogP contribution in [0.4, 0.5) is 5.69 Å². The number of amides is 3. The highest BCUT2D eigenvalue weighted by Crippen LogP contribution is 2.26. The van der Waals surface area contributed by atoms with E-state index in [0.717, 1.165) is 10.6 Å². The van der Waals surface area contributed by atoms with Crippen LogP contribution in [0.5, 0.6) is 0 Å². The molecule has 0 spiro atoms. The van der Waals surface area contributed by atoms with Crippen molar-refractivity contribution in [2.45, 2.75) is 6.42 Å². The lowest BCUT2D eigenvalue weighted by molar-refractivity contribution is -0.151. The van der Waals surface area contributed by atoms with E-state index in [2.05, 4.69) is 0 Å². The van der Waals surface area contributed by atoms with Crippen molar-refractivity contribution in [1.29, 1.82) is 0 Å². The Morgan fingerprint density at radius 1 is 0.926 bits per heavy atom. The smallest absolute Gasteiger partial charge is 0.313 e. The first-order valence-corrected chi connectivity index (χ1v) is 8.53. The molecule has 7 heteroatoms.